The number of ketones is 1. The monoisotopic (exact) mass is 419 g/mol. The molecule has 0 saturated carbocycles. The molecule has 0 spiro atoms. The largest absolute Gasteiger partial charge is 0.387 e. The van der Waals surface area contributed by atoms with E-state index in [1.807, 2.05) is 42.5 Å². The Morgan fingerprint density at radius 3 is 2.07 bits per heavy atom. The molecule has 5 rings (SSSR count). The Kier molecular flexibility index (Phi) is 4.81. The van der Waals surface area contributed by atoms with E-state index in [2.05, 4.69) is 29.7 Å². The van der Waals surface area contributed by atoms with Gasteiger partial charge in [0, 0.05) is 26.7 Å². The Labute approximate surface area is 181 Å². The SMILES string of the molecule is CC(C)(O)C(C)(C)O.O=C1c2ccccc2-c2ccc3c([nH]c4ccc(S)cc43)c21. The summed E-state index contributed by atoms with van der Waals surface area (Å²) < 4.78 is 0. The highest BCUT2D eigenvalue weighted by Crippen LogP contribution is 2.41. The van der Waals surface area contributed by atoms with Crippen LogP contribution >= 0.6 is 12.6 Å². The fourth-order valence-corrected chi connectivity index (χ4v) is 3.67. The van der Waals surface area contributed by atoms with E-state index in [1.165, 1.54) is 0 Å². The van der Waals surface area contributed by atoms with Crippen molar-refractivity contribution in [2.24, 2.45) is 0 Å². The first kappa shape index (κ1) is 20.7. The van der Waals surface area contributed by atoms with E-state index >= 15 is 0 Å². The number of thiol groups is 1. The standard InChI is InChI=1S/C19H11NOS.C6H14O2/c21-19-14-4-2-1-3-11(14)12-6-7-13-15-9-10(22)5-8-16(15)20-18(13)17(12)19;1-5(2,7)6(3,4)8/h1-9,20,22H;7-8H,1-4H3. The third kappa shape index (κ3) is 3.33. The molecule has 0 saturated heterocycles. The maximum atomic E-state index is 12.8. The average Bonchev–Trinajstić information content (AvgIpc) is 3.17. The summed E-state index contributed by atoms with van der Waals surface area (Å²) >= 11 is 4.42. The van der Waals surface area contributed by atoms with Gasteiger partial charge < -0.3 is 15.2 Å². The normalized spacial score (nSPS) is 13.2. The zero-order valence-corrected chi connectivity index (χ0v) is 18.3. The number of carbonyl (C=O) groups is 1. The van der Waals surface area contributed by atoms with Crippen LogP contribution in [0.25, 0.3) is 32.9 Å². The Morgan fingerprint density at radius 2 is 1.43 bits per heavy atom. The van der Waals surface area contributed by atoms with Gasteiger partial charge >= 0.3 is 0 Å². The van der Waals surface area contributed by atoms with Gasteiger partial charge in [0.25, 0.3) is 0 Å². The predicted molar refractivity (Wildman–Crippen MR) is 125 cm³/mol. The third-order valence-corrected chi connectivity index (χ3v) is 6.22. The lowest BCUT2D eigenvalue weighted by Crippen LogP contribution is -2.44. The summed E-state index contributed by atoms with van der Waals surface area (Å²) in [5, 5.41) is 20.4. The number of aliphatic hydroxyl groups is 2. The van der Waals surface area contributed by atoms with Gasteiger partial charge in [-0.2, -0.15) is 0 Å². The number of carbonyl (C=O) groups excluding carboxylic acids is 1. The Hall–Kier alpha value is -2.60. The van der Waals surface area contributed by atoms with Crippen LogP contribution in [0.1, 0.15) is 43.6 Å². The van der Waals surface area contributed by atoms with Gasteiger partial charge in [-0.15, -0.1) is 12.6 Å². The molecule has 0 radical (unpaired) electrons. The van der Waals surface area contributed by atoms with Gasteiger partial charge in [-0.25, -0.2) is 0 Å². The van der Waals surface area contributed by atoms with Gasteiger partial charge in [0.05, 0.1) is 22.3 Å². The molecule has 3 N–H and O–H groups in total. The molecular formula is C25H25NO3S. The van der Waals surface area contributed by atoms with Crippen molar-refractivity contribution in [3.8, 4) is 11.1 Å². The fraction of sp³-hybridized carbons (Fsp3) is 0.240. The van der Waals surface area contributed by atoms with Crippen molar-refractivity contribution in [2.45, 2.75) is 43.8 Å². The maximum absolute atomic E-state index is 12.8. The second-order valence-electron chi connectivity index (χ2n) is 8.76. The molecule has 1 aromatic heterocycles. The lowest BCUT2D eigenvalue weighted by atomic mass is 9.90. The molecule has 3 aromatic carbocycles. The molecule has 1 aliphatic rings. The van der Waals surface area contributed by atoms with E-state index < -0.39 is 11.2 Å². The summed E-state index contributed by atoms with van der Waals surface area (Å²) in [6.07, 6.45) is 0. The summed E-state index contributed by atoms with van der Waals surface area (Å²) in [7, 11) is 0. The smallest absolute Gasteiger partial charge is 0.196 e. The highest BCUT2D eigenvalue weighted by Gasteiger charge is 2.32. The number of benzene rings is 3. The predicted octanol–water partition coefficient (Wildman–Crippen LogP) is 5.35. The third-order valence-electron chi connectivity index (χ3n) is 5.94. The van der Waals surface area contributed by atoms with Crippen LogP contribution in [-0.4, -0.2) is 32.2 Å². The Balaban J connectivity index is 0.000000235. The van der Waals surface area contributed by atoms with Crippen molar-refractivity contribution in [1.82, 2.24) is 4.98 Å². The fourth-order valence-electron chi connectivity index (χ4n) is 3.47. The van der Waals surface area contributed by atoms with Gasteiger partial charge in [-0.3, -0.25) is 4.79 Å². The molecule has 4 aromatic rings. The van der Waals surface area contributed by atoms with Gasteiger partial charge in [0.2, 0.25) is 0 Å². The van der Waals surface area contributed by atoms with E-state index in [0.717, 1.165) is 49.0 Å². The van der Waals surface area contributed by atoms with Gasteiger partial charge in [0.15, 0.2) is 5.78 Å². The second kappa shape index (κ2) is 6.98. The zero-order chi connectivity index (χ0) is 21.8. The molecule has 5 heteroatoms. The minimum absolute atomic E-state index is 0.105. The summed E-state index contributed by atoms with van der Waals surface area (Å²) in [5.41, 5.74) is 3.57. The van der Waals surface area contributed by atoms with E-state index in [9.17, 15) is 4.79 Å². The number of nitrogens with one attached hydrogen (secondary N) is 1. The van der Waals surface area contributed by atoms with Crippen LogP contribution < -0.4 is 0 Å². The molecule has 4 nitrogen and oxygen atoms in total. The summed E-state index contributed by atoms with van der Waals surface area (Å²) in [6, 6.07) is 18.0. The number of aromatic nitrogens is 1. The van der Waals surface area contributed by atoms with Crippen LogP contribution in [0.3, 0.4) is 0 Å². The Bertz CT molecular complexity index is 1280. The number of rotatable bonds is 1. The Morgan fingerprint density at radius 1 is 0.800 bits per heavy atom. The van der Waals surface area contributed by atoms with E-state index in [1.54, 1.807) is 27.7 Å². The van der Waals surface area contributed by atoms with Crippen molar-refractivity contribution < 1.29 is 15.0 Å². The lowest BCUT2D eigenvalue weighted by Gasteiger charge is -2.31. The highest BCUT2D eigenvalue weighted by atomic mass is 32.1. The van der Waals surface area contributed by atoms with E-state index in [4.69, 9.17) is 10.2 Å². The number of fused-ring (bicyclic) bond motifs is 7. The van der Waals surface area contributed by atoms with Gasteiger partial charge in [-0.05, 0) is 57.0 Å². The zero-order valence-electron chi connectivity index (χ0n) is 17.4. The molecular weight excluding hydrogens is 394 g/mol. The quantitative estimate of drug-likeness (QED) is 0.277. The molecule has 0 atom stereocenters. The van der Waals surface area contributed by atoms with Crippen LogP contribution in [0.4, 0.5) is 0 Å². The van der Waals surface area contributed by atoms with Crippen LogP contribution in [0, 0.1) is 0 Å². The minimum Gasteiger partial charge on any atom is -0.387 e. The minimum atomic E-state index is -1.01. The number of hydrogen-bond acceptors (Lipinski definition) is 4. The first-order chi connectivity index (χ1) is 14.0. The lowest BCUT2D eigenvalue weighted by molar-refractivity contribution is -0.107. The molecule has 1 aliphatic carbocycles. The summed E-state index contributed by atoms with van der Waals surface area (Å²) in [5.74, 6) is 0.105. The molecule has 0 fully saturated rings. The van der Waals surface area contributed by atoms with Crippen molar-refractivity contribution >= 4 is 40.2 Å². The molecule has 0 unspecified atom stereocenters. The van der Waals surface area contributed by atoms with Crippen molar-refractivity contribution in [1.29, 1.82) is 0 Å². The van der Waals surface area contributed by atoms with Crippen LogP contribution in [0.2, 0.25) is 0 Å². The molecule has 154 valence electrons. The van der Waals surface area contributed by atoms with Crippen LogP contribution in [-0.2, 0) is 0 Å². The maximum Gasteiger partial charge on any atom is 0.196 e. The number of H-pyrrole nitrogens is 1. The molecule has 0 bridgehead atoms. The first-order valence-electron chi connectivity index (χ1n) is 9.85. The van der Waals surface area contributed by atoms with Gasteiger partial charge in [0.1, 0.15) is 0 Å². The average molecular weight is 420 g/mol. The molecule has 1 heterocycles. The van der Waals surface area contributed by atoms with E-state index in [-0.39, 0.29) is 5.78 Å². The van der Waals surface area contributed by atoms with Gasteiger partial charge in [-0.1, -0.05) is 36.4 Å². The number of aromatic amines is 1. The summed E-state index contributed by atoms with van der Waals surface area (Å²) in [6.45, 7) is 6.31. The molecule has 0 aliphatic heterocycles. The number of hydrogen-bond donors (Lipinski definition) is 4. The topological polar surface area (TPSA) is 73.3 Å². The van der Waals surface area contributed by atoms with Crippen molar-refractivity contribution in [3.63, 3.8) is 0 Å². The van der Waals surface area contributed by atoms with Crippen molar-refractivity contribution in [3.05, 3.63) is 65.7 Å². The van der Waals surface area contributed by atoms with Crippen LogP contribution in [0.15, 0.2) is 59.5 Å². The highest BCUT2D eigenvalue weighted by molar-refractivity contribution is 7.80. The summed E-state index contributed by atoms with van der Waals surface area (Å²) in [4.78, 5) is 17.1. The van der Waals surface area contributed by atoms with Crippen molar-refractivity contribution in [2.75, 3.05) is 0 Å². The first-order valence-corrected chi connectivity index (χ1v) is 10.3. The molecule has 0 amide bonds. The van der Waals surface area contributed by atoms with E-state index in [0.29, 0.717) is 0 Å². The second-order valence-corrected chi connectivity index (χ2v) is 9.27. The molecule has 30 heavy (non-hydrogen) atoms. The van der Waals surface area contributed by atoms with Crippen LogP contribution in [0.5, 0.6) is 0 Å².